The summed E-state index contributed by atoms with van der Waals surface area (Å²) in [5.74, 6) is -0.206. The molecule has 0 radical (unpaired) electrons. The summed E-state index contributed by atoms with van der Waals surface area (Å²) < 4.78 is 13.7. The van der Waals surface area contributed by atoms with Crippen LogP contribution in [0, 0.1) is 5.82 Å². The predicted molar refractivity (Wildman–Crippen MR) is 102 cm³/mol. The van der Waals surface area contributed by atoms with E-state index in [-0.39, 0.29) is 24.8 Å². The first-order valence-corrected chi connectivity index (χ1v) is 8.98. The monoisotopic (exact) mass is 375 g/mol. The average molecular weight is 375 g/mol. The molecule has 1 aliphatic heterocycles. The fourth-order valence-corrected chi connectivity index (χ4v) is 3.05. The fraction of sp³-hybridized carbons (Fsp3) is 0.263. The number of aliphatic hydroxyl groups is 1. The van der Waals surface area contributed by atoms with Gasteiger partial charge in [0.2, 0.25) is 5.91 Å². The maximum atomic E-state index is 11.9. The van der Waals surface area contributed by atoms with Crippen molar-refractivity contribution in [3.8, 4) is 0 Å². The van der Waals surface area contributed by atoms with E-state index in [2.05, 4.69) is 11.7 Å². The molecule has 0 unspecified atom stereocenters. The minimum atomic E-state index is -0.178. The Labute approximate surface area is 157 Å². The number of fused-ring (bicyclic) bond motifs is 1. The van der Waals surface area contributed by atoms with E-state index in [1.54, 1.807) is 33.3 Å². The highest BCUT2D eigenvalue weighted by Crippen LogP contribution is 2.26. The largest absolute Gasteiger partial charge is 0.396 e. The number of hydrogen-bond acceptors (Lipinski definition) is 4. The number of hydrogen-bond donors (Lipinski definition) is 1. The minimum absolute atomic E-state index is 0.0278. The van der Waals surface area contributed by atoms with Gasteiger partial charge in [0, 0.05) is 41.6 Å². The van der Waals surface area contributed by atoms with E-state index >= 15 is 0 Å². The second-order valence-corrected chi connectivity index (χ2v) is 6.54. The zero-order chi connectivity index (χ0) is 18.9. The Morgan fingerprint density at radius 1 is 1.38 bits per heavy atom. The Morgan fingerprint density at radius 3 is 2.62 bits per heavy atom. The lowest BCUT2D eigenvalue weighted by Gasteiger charge is -2.14. The zero-order valence-electron chi connectivity index (χ0n) is 14.6. The minimum Gasteiger partial charge on any atom is -0.396 e. The third-order valence-corrected chi connectivity index (χ3v) is 4.64. The van der Waals surface area contributed by atoms with Gasteiger partial charge >= 0.3 is 0 Å². The van der Waals surface area contributed by atoms with Gasteiger partial charge in [-0.2, -0.15) is 5.10 Å². The number of allylic oxidation sites excluding steroid dienone is 2. The van der Waals surface area contributed by atoms with Crippen molar-refractivity contribution in [3.63, 3.8) is 0 Å². The number of aliphatic hydroxyl groups excluding tert-OH is 1. The molecule has 1 aliphatic rings. The Kier molecular flexibility index (Phi) is 7.62. The van der Waals surface area contributed by atoms with E-state index in [0.717, 1.165) is 16.2 Å². The van der Waals surface area contributed by atoms with Gasteiger partial charge in [-0.1, -0.05) is 36.9 Å². The maximum Gasteiger partial charge on any atom is 0.225 e. The molecule has 3 rings (SSSR count). The highest BCUT2D eigenvalue weighted by molar-refractivity contribution is 8.01. The molecule has 0 saturated carbocycles. The molecule has 5 nitrogen and oxygen atoms in total. The van der Waals surface area contributed by atoms with Gasteiger partial charge < -0.3 is 10.0 Å². The second-order valence-electron chi connectivity index (χ2n) is 5.51. The number of benzene rings is 1. The van der Waals surface area contributed by atoms with Gasteiger partial charge in [0.25, 0.3) is 0 Å². The molecule has 0 atom stereocenters. The summed E-state index contributed by atoms with van der Waals surface area (Å²) in [5, 5.41) is 13.2. The Hall–Kier alpha value is -2.38. The second kappa shape index (κ2) is 9.94. The van der Waals surface area contributed by atoms with Crippen molar-refractivity contribution < 1.29 is 14.3 Å². The molecule has 2 aromatic rings. The number of rotatable bonds is 5. The van der Waals surface area contributed by atoms with Crippen LogP contribution < -0.4 is 0 Å². The van der Waals surface area contributed by atoms with E-state index in [4.69, 9.17) is 5.11 Å². The summed E-state index contributed by atoms with van der Waals surface area (Å²) in [7, 11) is 0. The lowest BCUT2D eigenvalue weighted by Crippen LogP contribution is -2.26. The molecule has 2 heterocycles. The van der Waals surface area contributed by atoms with Gasteiger partial charge in [-0.05, 0) is 19.1 Å². The number of halogens is 1. The van der Waals surface area contributed by atoms with Gasteiger partial charge in [-0.3, -0.25) is 4.79 Å². The van der Waals surface area contributed by atoms with Crippen LogP contribution in [-0.2, 0) is 17.9 Å². The first kappa shape index (κ1) is 19.9. The summed E-state index contributed by atoms with van der Waals surface area (Å²) >= 11 is 1.50. The number of aromatic nitrogens is 2. The molecule has 0 fully saturated rings. The molecular formula is C19H22FN3O2S. The lowest BCUT2D eigenvalue weighted by atomic mass is 10.3. The zero-order valence-corrected chi connectivity index (χ0v) is 15.5. The SMILES string of the molecule is C=C/C(=C\C)Sn1cc2c(n1)CN(C(=O)CCO)C2.Fc1ccccc1. The summed E-state index contributed by atoms with van der Waals surface area (Å²) in [6, 6.07) is 7.94. The maximum absolute atomic E-state index is 11.9. The number of nitrogens with zero attached hydrogens (tertiary/aromatic N) is 3. The van der Waals surface area contributed by atoms with Crippen molar-refractivity contribution in [3.05, 3.63) is 77.2 Å². The van der Waals surface area contributed by atoms with Crippen LogP contribution >= 0.6 is 11.9 Å². The quantitative estimate of drug-likeness (QED) is 0.813. The van der Waals surface area contributed by atoms with E-state index in [1.807, 2.05) is 19.2 Å². The van der Waals surface area contributed by atoms with E-state index in [1.165, 1.54) is 24.1 Å². The molecule has 138 valence electrons. The summed E-state index contributed by atoms with van der Waals surface area (Å²) in [5.41, 5.74) is 2.00. The first-order chi connectivity index (χ1) is 12.6. The standard InChI is InChI=1S/C13H17N3O2S.C6H5F/c1-3-11(4-2)19-16-8-10-7-15(9-12(10)14-16)13(18)5-6-17;7-6-4-2-1-3-5-6/h3-4,8,17H,1,5-7,9H2,2H3;1-5H/b11-4+;. The molecule has 1 N–H and O–H groups in total. The normalized spacial score (nSPS) is 13.0. The molecule has 0 saturated heterocycles. The molecule has 1 aromatic carbocycles. The van der Waals surface area contributed by atoms with Crippen LogP contribution in [0.5, 0.6) is 0 Å². The molecular weight excluding hydrogens is 353 g/mol. The van der Waals surface area contributed by atoms with Crippen molar-refractivity contribution in [2.45, 2.75) is 26.4 Å². The van der Waals surface area contributed by atoms with Crippen molar-refractivity contribution in [1.29, 1.82) is 0 Å². The van der Waals surface area contributed by atoms with Crippen molar-refractivity contribution in [2.75, 3.05) is 6.61 Å². The highest BCUT2D eigenvalue weighted by atomic mass is 32.2. The van der Waals surface area contributed by atoms with Crippen LogP contribution in [0.4, 0.5) is 4.39 Å². The fourth-order valence-electron chi connectivity index (χ4n) is 2.33. The van der Waals surface area contributed by atoms with Crippen LogP contribution in [0.3, 0.4) is 0 Å². The van der Waals surface area contributed by atoms with Crippen LogP contribution in [0.2, 0.25) is 0 Å². The van der Waals surface area contributed by atoms with E-state index in [9.17, 15) is 9.18 Å². The molecule has 26 heavy (non-hydrogen) atoms. The van der Waals surface area contributed by atoms with Crippen LogP contribution in [0.25, 0.3) is 0 Å². The van der Waals surface area contributed by atoms with Crippen molar-refractivity contribution in [1.82, 2.24) is 14.1 Å². The van der Waals surface area contributed by atoms with E-state index in [0.29, 0.717) is 13.1 Å². The molecule has 0 spiro atoms. The smallest absolute Gasteiger partial charge is 0.225 e. The van der Waals surface area contributed by atoms with Gasteiger partial charge in [-0.15, -0.1) is 0 Å². The first-order valence-electron chi connectivity index (χ1n) is 8.21. The van der Waals surface area contributed by atoms with Gasteiger partial charge in [-0.25, -0.2) is 8.48 Å². The molecule has 7 heteroatoms. The summed E-state index contributed by atoms with van der Waals surface area (Å²) in [4.78, 5) is 14.4. The van der Waals surface area contributed by atoms with Gasteiger partial charge in [0.15, 0.2) is 0 Å². The topological polar surface area (TPSA) is 58.4 Å². The third kappa shape index (κ3) is 5.57. The van der Waals surface area contributed by atoms with Crippen LogP contribution in [0.15, 0.2) is 60.2 Å². The summed E-state index contributed by atoms with van der Waals surface area (Å²) in [6.45, 7) is 6.70. The van der Waals surface area contributed by atoms with Crippen molar-refractivity contribution in [2.24, 2.45) is 0 Å². The molecule has 1 amide bonds. The number of carbonyl (C=O) groups excluding carboxylic acids is 1. The van der Waals surface area contributed by atoms with Gasteiger partial charge in [0.1, 0.15) is 5.82 Å². The van der Waals surface area contributed by atoms with Crippen LogP contribution in [0.1, 0.15) is 24.6 Å². The van der Waals surface area contributed by atoms with E-state index < -0.39 is 0 Å². The Morgan fingerprint density at radius 2 is 2.12 bits per heavy atom. The average Bonchev–Trinajstić information content (AvgIpc) is 3.19. The third-order valence-electron chi connectivity index (χ3n) is 3.65. The molecule has 1 aromatic heterocycles. The highest BCUT2D eigenvalue weighted by Gasteiger charge is 2.26. The lowest BCUT2D eigenvalue weighted by molar-refractivity contribution is -0.132. The molecule has 0 aliphatic carbocycles. The number of amides is 1. The Balaban J connectivity index is 0.000000290. The Bertz CT molecular complexity index is 751. The number of carbonyl (C=O) groups is 1. The van der Waals surface area contributed by atoms with Crippen molar-refractivity contribution >= 4 is 17.9 Å². The van der Waals surface area contributed by atoms with Gasteiger partial charge in [0.05, 0.1) is 18.8 Å². The molecule has 0 bridgehead atoms. The predicted octanol–water partition coefficient (Wildman–Crippen LogP) is 3.52. The van der Waals surface area contributed by atoms with Crippen LogP contribution in [-0.4, -0.2) is 31.7 Å². The summed E-state index contributed by atoms with van der Waals surface area (Å²) in [6.07, 6.45) is 5.88.